The van der Waals surface area contributed by atoms with Gasteiger partial charge in [0.1, 0.15) is 17.3 Å². The monoisotopic (exact) mass is 219 g/mol. The van der Waals surface area contributed by atoms with Crippen LogP contribution in [-0.4, -0.2) is 10.2 Å². The summed E-state index contributed by atoms with van der Waals surface area (Å²) >= 11 is 0. The molecule has 0 fully saturated rings. The van der Waals surface area contributed by atoms with Crippen LogP contribution >= 0.6 is 0 Å². The molecule has 0 bridgehead atoms. The number of halogens is 1. The van der Waals surface area contributed by atoms with Crippen LogP contribution in [0, 0.1) is 5.82 Å². The molecule has 4 N–H and O–H groups in total. The van der Waals surface area contributed by atoms with Crippen LogP contribution in [0.2, 0.25) is 0 Å². The molecule has 0 spiro atoms. The first-order valence-electron chi connectivity index (χ1n) is 4.66. The van der Waals surface area contributed by atoms with Crippen molar-refractivity contribution in [2.45, 2.75) is 0 Å². The topological polar surface area (TPSA) is 66.5 Å². The molecule has 0 aliphatic heterocycles. The van der Waals surface area contributed by atoms with Crippen molar-refractivity contribution in [2.75, 3.05) is 5.73 Å². The normalized spacial score (nSPS) is 10.3. The van der Waals surface area contributed by atoms with Gasteiger partial charge in [0.2, 0.25) is 0 Å². The van der Waals surface area contributed by atoms with Crippen molar-refractivity contribution in [3.8, 4) is 22.6 Å². The lowest BCUT2D eigenvalue weighted by Crippen LogP contribution is -1.92. The number of hydrogen-bond acceptors (Lipinski definition) is 3. The summed E-state index contributed by atoms with van der Waals surface area (Å²) in [7, 11) is 0. The summed E-state index contributed by atoms with van der Waals surface area (Å²) in [6.45, 7) is 0. The Morgan fingerprint density at radius 1 is 1.00 bits per heavy atom. The molecule has 0 unspecified atom stereocenters. The van der Waals surface area contributed by atoms with E-state index in [1.165, 1.54) is 18.2 Å². The quantitative estimate of drug-likeness (QED) is 0.510. The summed E-state index contributed by atoms with van der Waals surface area (Å²) in [6.07, 6.45) is 0. The van der Waals surface area contributed by atoms with Gasteiger partial charge in [0.05, 0.1) is 11.3 Å². The number of nitrogens with two attached hydrogens (primary N) is 1. The lowest BCUT2D eigenvalue weighted by Gasteiger charge is -2.09. The summed E-state index contributed by atoms with van der Waals surface area (Å²) in [6, 6.07) is 8.59. The predicted octanol–water partition coefficient (Wildman–Crippen LogP) is 2.49. The van der Waals surface area contributed by atoms with Crippen molar-refractivity contribution < 1.29 is 14.6 Å². The highest BCUT2D eigenvalue weighted by atomic mass is 19.1. The molecule has 82 valence electrons. The number of anilines is 1. The Balaban J connectivity index is 2.74. The van der Waals surface area contributed by atoms with E-state index in [0.717, 1.165) is 6.07 Å². The van der Waals surface area contributed by atoms with E-state index in [2.05, 4.69) is 0 Å². The number of nitrogen functional groups attached to an aromatic ring is 1. The van der Waals surface area contributed by atoms with E-state index in [0.29, 0.717) is 0 Å². The second kappa shape index (κ2) is 3.73. The minimum absolute atomic E-state index is 0.0691. The molecule has 2 rings (SSSR count). The van der Waals surface area contributed by atoms with Crippen LogP contribution in [0.25, 0.3) is 11.1 Å². The zero-order chi connectivity index (χ0) is 11.7. The van der Waals surface area contributed by atoms with Crippen molar-refractivity contribution in [2.24, 2.45) is 0 Å². The van der Waals surface area contributed by atoms with Gasteiger partial charge in [-0.25, -0.2) is 4.39 Å². The molecular weight excluding hydrogens is 209 g/mol. The molecule has 0 saturated heterocycles. The molecule has 2 aromatic carbocycles. The molecule has 0 heterocycles. The Hall–Kier alpha value is -2.23. The standard InChI is InChI=1S/C12H10FNO2/c13-8-5-6-9(14)12(16)11(8)7-3-1-2-4-10(7)15/h1-6,15-16H,14H2. The Morgan fingerprint density at radius 2 is 1.69 bits per heavy atom. The van der Waals surface area contributed by atoms with Crippen molar-refractivity contribution >= 4 is 5.69 Å². The van der Waals surface area contributed by atoms with E-state index in [-0.39, 0.29) is 28.3 Å². The van der Waals surface area contributed by atoms with Crippen LogP contribution in [0.15, 0.2) is 36.4 Å². The molecule has 2 aromatic rings. The first kappa shape index (κ1) is 10.3. The molecule has 3 nitrogen and oxygen atoms in total. The Labute approximate surface area is 91.6 Å². The summed E-state index contributed by atoms with van der Waals surface area (Å²) in [5.41, 5.74) is 5.68. The minimum atomic E-state index is -0.631. The highest BCUT2D eigenvalue weighted by Crippen LogP contribution is 2.39. The molecular formula is C12H10FNO2. The van der Waals surface area contributed by atoms with Gasteiger partial charge < -0.3 is 15.9 Å². The average Bonchev–Trinajstić information content (AvgIpc) is 2.27. The first-order chi connectivity index (χ1) is 7.61. The molecule has 4 heteroatoms. The second-order valence-corrected chi connectivity index (χ2v) is 3.38. The van der Waals surface area contributed by atoms with Crippen LogP contribution < -0.4 is 5.73 Å². The zero-order valence-electron chi connectivity index (χ0n) is 8.31. The fourth-order valence-corrected chi connectivity index (χ4v) is 1.52. The number of phenols is 2. The van der Waals surface area contributed by atoms with Crippen molar-refractivity contribution in [3.63, 3.8) is 0 Å². The van der Waals surface area contributed by atoms with E-state index in [4.69, 9.17) is 5.73 Å². The average molecular weight is 219 g/mol. The lowest BCUT2D eigenvalue weighted by atomic mass is 10.0. The van der Waals surface area contributed by atoms with E-state index >= 15 is 0 Å². The highest BCUT2D eigenvalue weighted by Gasteiger charge is 2.15. The highest BCUT2D eigenvalue weighted by molar-refractivity contribution is 5.80. The summed E-state index contributed by atoms with van der Waals surface area (Å²) in [5, 5.41) is 19.3. The third-order valence-electron chi connectivity index (χ3n) is 2.33. The largest absolute Gasteiger partial charge is 0.507 e. The number of benzene rings is 2. The van der Waals surface area contributed by atoms with Gasteiger partial charge in [0, 0.05) is 5.56 Å². The van der Waals surface area contributed by atoms with Gasteiger partial charge in [-0.1, -0.05) is 18.2 Å². The molecule has 0 aliphatic carbocycles. The molecule has 16 heavy (non-hydrogen) atoms. The van der Waals surface area contributed by atoms with Crippen molar-refractivity contribution in [1.82, 2.24) is 0 Å². The molecule has 0 saturated carbocycles. The van der Waals surface area contributed by atoms with Crippen LogP contribution in [0.1, 0.15) is 0 Å². The zero-order valence-corrected chi connectivity index (χ0v) is 8.31. The molecule has 0 radical (unpaired) electrons. The summed E-state index contributed by atoms with van der Waals surface area (Å²) in [5.74, 6) is -1.10. The van der Waals surface area contributed by atoms with Gasteiger partial charge in [-0.2, -0.15) is 0 Å². The van der Waals surface area contributed by atoms with Crippen LogP contribution in [0.3, 0.4) is 0 Å². The number of para-hydroxylation sites is 1. The van der Waals surface area contributed by atoms with E-state index < -0.39 is 5.82 Å². The SMILES string of the molecule is Nc1ccc(F)c(-c2ccccc2O)c1O. The molecule has 0 aromatic heterocycles. The maximum absolute atomic E-state index is 13.6. The Bertz CT molecular complexity index is 541. The van der Waals surface area contributed by atoms with Crippen molar-refractivity contribution in [3.05, 3.63) is 42.2 Å². The second-order valence-electron chi connectivity index (χ2n) is 3.38. The van der Waals surface area contributed by atoms with Gasteiger partial charge >= 0.3 is 0 Å². The Morgan fingerprint density at radius 3 is 2.38 bits per heavy atom. The van der Waals surface area contributed by atoms with Gasteiger partial charge in [-0.3, -0.25) is 0 Å². The Kier molecular flexibility index (Phi) is 2.40. The molecule has 0 amide bonds. The fourth-order valence-electron chi connectivity index (χ4n) is 1.52. The van der Waals surface area contributed by atoms with Gasteiger partial charge in [-0.05, 0) is 18.2 Å². The number of aromatic hydroxyl groups is 2. The third kappa shape index (κ3) is 1.54. The fraction of sp³-hybridized carbons (Fsp3) is 0. The van der Waals surface area contributed by atoms with E-state index in [1.807, 2.05) is 0 Å². The minimum Gasteiger partial charge on any atom is -0.507 e. The van der Waals surface area contributed by atoms with Gasteiger partial charge in [-0.15, -0.1) is 0 Å². The number of rotatable bonds is 1. The van der Waals surface area contributed by atoms with Crippen LogP contribution in [-0.2, 0) is 0 Å². The van der Waals surface area contributed by atoms with Crippen LogP contribution in [0.5, 0.6) is 11.5 Å². The van der Waals surface area contributed by atoms with E-state index in [9.17, 15) is 14.6 Å². The van der Waals surface area contributed by atoms with Gasteiger partial charge in [0.15, 0.2) is 0 Å². The number of phenolic OH excluding ortho intramolecular Hbond substituents is 2. The smallest absolute Gasteiger partial charge is 0.149 e. The summed E-state index contributed by atoms with van der Waals surface area (Å²) in [4.78, 5) is 0. The molecule has 0 atom stereocenters. The predicted molar refractivity (Wildman–Crippen MR) is 59.6 cm³/mol. The lowest BCUT2D eigenvalue weighted by molar-refractivity contribution is 0.466. The summed E-state index contributed by atoms with van der Waals surface area (Å²) < 4.78 is 13.6. The maximum Gasteiger partial charge on any atom is 0.149 e. The molecule has 0 aliphatic rings. The number of hydrogen-bond donors (Lipinski definition) is 3. The van der Waals surface area contributed by atoms with Gasteiger partial charge in [0.25, 0.3) is 0 Å². The third-order valence-corrected chi connectivity index (χ3v) is 2.33. The van der Waals surface area contributed by atoms with Crippen molar-refractivity contribution in [1.29, 1.82) is 0 Å². The maximum atomic E-state index is 13.6. The first-order valence-corrected chi connectivity index (χ1v) is 4.66. The van der Waals surface area contributed by atoms with Crippen LogP contribution in [0.4, 0.5) is 10.1 Å². The van der Waals surface area contributed by atoms with E-state index in [1.54, 1.807) is 12.1 Å².